The second-order valence-electron chi connectivity index (χ2n) is 7.56. The van der Waals surface area contributed by atoms with Crippen LogP contribution in [-0.2, 0) is 16.0 Å². The smallest absolute Gasteiger partial charge is 0.272 e. The molecule has 0 saturated carbocycles. The first kappa shape index (κ1) is 20.1. The van der Waals surface area contributed by atoms with E-state index in [1.165, 1.54) is 6.33 Å². The van der Waals surface area contributed by atoms with E-state index in [-0.39, 0.29) is 30.6 Å². The van der Waals surface area contributed by atoms with Crippen LogP contribution in [0.25, 0.3) is 21.7 Å². The van der Waals surface area contributed by atoms with E-state index in [1.54, 1.807) is 17.0 Å². The molecule has 0 bridgehead atoms. The minimum Gasteiger partial charge on any atom is -0.474 e. The number of aromatic nitrogens is 4. The summed E-state index contributed by atoms with van der Waals surface area (Å²) in [6.07, 6.45) is 1.29. The summed E-state index contributed by atoms with van der Waals surface area (Å²) in [6.45, 7) is 1.59. The fourth-order valence-electron chi connectivity index (χ4n) is 3.87. The average molecular weight is 431 g/mol. The Bertz CT molecular complexity index is 1330. The van der Waals surface area contributed by atoms with Crippen LogP contribution in [0.5, 0.6) is 5.88 Å². The van der Waals surface area contributed by atoms with Gasteiger partial charge in [-0.25, -0.2) is 15.1 Å². The van der Waals surface area contributed by atoms with Gasteiger partial charge in [0.05, 0.1) is 41.6 Å². The molecule has 0 spiro atoms. The summed E-state index contributed by atoms with van der Waals surface area (Å²) < 4.78 is 11.7. The van der Waals surface area contributed by atoms with Crippen molar-refractivity contribution in [2.24, 2.45) is 0 Å². The first-order valence-electron chi connectivity index (χ1n) is 10.4. The van der Waals surface area contributed by atoms with Gasteiger partial charge in [-0.2, -0.15) is 5.10 Å². The van der Waals surface area contributed by atoms with E-state index < -0.39 is 0 Å². The molecule has 1 amide bonds. The van der Waals surface area contributed by atoms with Crippen LogP contribution in [0.4, 0.5) is 0 Å². The number of para-hydroxylation sites is 1. The number of carbonyl (C=O) groups excluding carboxylic acids is 1. The molecule has 1 aliphatic heterocycles. The quantitative estimate of drug-likeness (QED) is 0.512. The van der Waals surface area contributed by atoms with Crippen molar-refractivity contribution in [3.05, 3.63) is 70.9 Å². The molecular weight excluding hydrogens is 410 g/mol. The number of morpholine rings is 1. The number of H-pyrrole nitrogens is 1. The minimum atomic E-state index is -0.276. The van der Waals surface area contributed by atoms with E-state index in [0.29, 0.717) is 42.0 Å². The second-order valence-corrected chi connectivity index (χ2v) is 7.56. The molecule has 9 heteroatoms. The third-order valence-corrected chi connectivity index (χ3v) is 5.50. The normalized spacial score (nSPS) is 16.4. The molecule has 2 aromatic carbocycles. The lowest BCUT2D eigenvalue weighted by Gasteiger charge is -2.32. The predicted octanol–water partition coefficient (Wildman–Crippen LogP) is 1.72. The van der Waals surface area contributed by atoms with Gasteiger partial charge < -0.3 is 14.4 Å². The molecule has 5 rings (SSSR count). The van der Waals surface area contributed by atoms with Crippen molar-refractivity contribution in [3.8, 4) is 5.88 Å². The van der Waals surface area contributed by atoms with Crippen LogP contribution < -0.4 is 10.3 Å². The molecule has 3 heterocycles. The zero-order chi connectivity index (χ0) is 21.9. The van der Waals surface area contributed by atoms with Crippen molar-refractivity contribution in [2.75, 3.05) is 26.3 Å². The second kappa shape index (κ2) is 8.72. The van der Waals surface area contributed by atoms with Crippen LogP contribution in [0.2, 0.25) is 0 Å². The van der Waals surface area contributed by atoms with E-state index in [4.69, 9.17) is 9.47 Å². The summed E-state index contributed by atoms with van der Waals surface area (Å²) in [7, 11) is 0. The predicted molar refractivity (Wildman–Crippen MR) is 117 cm³/mol. The Kier molecular flexibility index (Phi) is 5.47. The zero-order valence-electron chi connectivity index (χ0n) is 17.2. The Morgan fingerprint density at radius 2 is 1.88 bits per heavy atom. The Morgan fingerprint density at radius 3 is 2.75 bits per heavy atom. The van der Waals surface area contributed by atoms with Crippen molar-refractivity contribution in [1.82, 2.24) is 25.1 Å². The Hall–Kier alpha value is -3.85. The van der Waals surface area contributed by atoms with Gasteiger partial charge in [-0.1, -0.05) is 30.3 Å². The van der Waals surface area contributed by atoms with Gasteiger partial charge in [-0.15, -0.1) is 0 Å². The van der Waals surface area contributed by atoms with Crippen LogP contribution in [0.3, 0.4) is 0 Å². The summed E-state index contributed by atoms with van der Waals surface area (Å²) >= 11 is 0. The number of fused-ring (bicyclic) bond motifs is 2. The fourth-order valence-corrected chi connectivity index (χ4v) is 3.87. The molecule has 1 unspecified atom stereocenters. The maximum Gasteiger partial charge on any atom is 0.272 e. The van der Waals surface area contributed by atoms with Gasteiger partial charge in [0.25, 0.3) is 5.56 Å². The van der Waals surface area contributed by atoms with Gasteiger partial charge in [0.1, 0.15) is 19.0 Å². The van der Waals surface area contributed by atoms with Gasteiger partial charge in [0, 0.05) is 11.9 Å². The topological polar surface area (TPSA) is 110 Å². The fraction of sp³-hybridized carbons (Fsp3) is 0.261. The van der Waals surface area contributed by atoms with Gasteiger partial charge >= 0.3 is 0 Å². The van der Waals surface area contributed by atoms with E-state index >= 15 is 0 Å². The molecular formula is C23H21N5O4. The van der Waals surface area contributed by atoms with Crippen molar-refractivity contribution in [3.63, 3.8) is 0 Å². The molecule has 1 saturated heterocycles. The average Bonchev–Trinajstić information content (AvgIpc) is 2.85. The maximum absolute atomic E-state index is 13.0. The summed E-state index contributed by atoms with van der Waals surface area (Å²) in [5.41, 5.74) is 1.09. The number of benzene rings is 2. The van der Waals surface area contributed by atoms with Gasteiger partial charge in [0.15, 0.2) is 0 Å². The van der Waals surface area contributed by atoms with E-state index in [0.717, 1.165) is 10.9 Å². The number of rotatable bonds is 5. The zero-order valence-corrected chi connectivity index (χ0v) is 17.2. The number of amides is 1. The van der Waals surface area contributed by atoms with Crippen LogP contribution >= 0.6 is 0 Å². The number of nitrogens with zero attached hydrogens (tertiary/aromatic N) is 4. The number of ether oxygens (including phenoxy) is 2. The molecule has 2 aromatic heterocycles. The summed E-state index contributed by atoms with van der Waals surface area (Å²) in [5, 5.41) is 8.63. The van der Waals surface area contributed by atoms with Gasteiger partial charge in [-0.05, 0) is 18.2 Å². The molecule has 0 aliphatic carbocycles. The number of hydrogen-bond acceptors (Lipinski definition) is 7. The third kappa shape index (κ3) is 4.02. The number of carbonyl (C=O) groups is 1. The molecule has 0 radical (unpaired) electrons. The third-order valence-electron chi connectivity index (χ3n) is 5.50. The Labute approximate surface area is 183 Å². The van der Waals surface area contributed by atoms with Crippen molar-refractivity contribution in [1.29, 1.82) is 0 Å². The molecule has 1 aliphatic rings. The largest absolute Gasteiger partial charge is 0.474 e. The lowest BCUT2D eigenvalue weighted by molar-refractivity contribution is -0.139. The van der Waals surface area contributed by atoms with Gasteiger partial charge in [0.2, 0.25) is 11.8 Å². The van der Waals surface area contributed by atoms with Gasteiger partial charge in [-0.3, -0.25) is 9.59 Å². The molecule has 32 heavy (non-hydrogen) atoms. The van der Waals surface area contributed by atoms with Crippen LogP contribution in [0.15, 0.2) is 59.7 Å². The number of aromatic amines is 1. The molecule has 1 atom stereocenters. The molecule has 9 nitrogen and oxygen atoms in total. The first-order chi connectivity index (χ1) is 15.7. The van der Waals surface area contributed by atoms with Crippen molar-refractivity contribution in [2.45, 2.75) is 12.5 Å². The lowest BCUT2D eigenvalue weighted by Crippen LogP contribution is -2.48. The molecule has 1 fully saturated rings. The minimum absolute atomic E-state index is 0.0736. The number of nitrogens with one attached hydrogen (secondary N) is 1. The van der Waals surface area contributed by atoms with Crippen LogP contribution in [0.1, 0.15) is 5.69 Å². The number of hydrogen-bond donors (Lipinski definition) is 1. The van der Waals surface area contributed by atoms with Crippen LogP contribution in [-0.4, -0.2) is 63.4 Å². The Morgan fingerprint density at radius 1 is 1.09 bits per heavy atom. The Balaban J connectivity index is 1.26. The monoisotopic (exact) mass is 431 g/mol. The van der Waals surface area contributed by atoms with Crippen molar-refractivity contribution < 1.29 is 14.3 Å². The van der Waals surface area contributed by atoms with E-state index in [2.05, 4.69) is 20.2 Å². The highest BCUT2D eigenvalue weighted by molar-refractivity contribution is 5.88. The highest BCUT2D eigenvalue weighted by atomic mass is 16.5. The van der Waals surface area contributed by atoms with E-state index in [9.17, 15) is 9.59 Å². The lowest BCUT2D eigenvalue weighted by atomic mass is 10.1. The van der Waals surface area contributed by atoms with Crippen molar-refractivity contribution >= 4 is 27.6 Å². The summed E-state index contributed by atoms with van der Waals surface area (Å²) in [5.74, 6) is 0.419. The molecule has 162 valence electrons. The molecule has 4 aromatic rings. The van der Waals surface area contributed by atoms with E-state index in [1.807, 2.05) is 36.4 Å². The highest BCUT2D eigenvalue weighted by Gasteiger charge is 2.26. The summed E-state index contributed by atoms with van der Waals surface area (Å²) in [4.78, 5) is 35.2. The maximum atomic E-state index is 13.0. The molecule has 1 N–H and O–H groups in total. The summed E-state index contributed by atoms with van der Waals surface area (Å²) in [6, 6.07) is 14.8. The highest BCUT2D eigenvalue weighted by Crippen LogP contribution is 2.21. The SMILES string of the molecule is O=C(Cc1n[nH]c(=O)c2ccccc12)N1CCOC(COc2ncnc3ccccc23)C1. The standard InChI is InChI=1S/C23H21N5O4/c29-21(11-20-16-5-1-2-6-17(16)22(30)27-26-20)28-9-10-31-15(12-28)13-32-23-18-7-3-4-8-19(18)24-14-25-23/h1-8,14-15H,9-13H2,(H,27,30). The van der Waals surface area contributed by atoms with Crippen LogP contribution in [0, 0.1) is 0 Å². The first-order valence-corrected chi connectivity index (χ1v) is 10.4.